The lowest BCUT2D eigenvalue weighted by atomic mass is 10.1. The highest BCUT2D eigenvalue weighted by Crippen LogP contribution is 2.11. The number of hydrogen-bond donors (Lipinski definition) is 2. The van der Waals surface area contributed by atoms with E-state index in [9.17, 15) is 4.21 Å². The summed E-state index contributed by atoms with van der Waals surface area (Å²) in [4.78, 5) is 4.67. The Kier molecular flexibility index (Phi) is 10.0. The Morgan fingerprint density at radius 3 is 2.26 bits per heavy atom. The van der Waals surface area contributed by atoms with Crippen molar-refractivity contribution in [2.75, 3.05) is 17.6 Å². The van der Waals surface area contributed by atoms with Gasteiger partial charge in [0, 0.05) is 33.5 Å². The maximum atomic E-state index is 12.2. The van der Waals surface area contributed by atoms with E-state index in [1.807, 2.05) is 51.1 Å². The highest BCUT2D eigenvalue weighted by Gasteiger charge is 2.18. The molecule has 0 fully saturated rings. The van der Waals surface area contributed by atoms with Crippen molar-refractivity contribution in [3.05, 3.63) is 65.7 Å². The van der Waals surface area contributed by atoms with Crippen molar-refractivity contribution < 1.29 is 4.21 Å². The first-order valence-corrected chi connectivity index (χ1v) is 10.2. The van der Waals surface area contributed by atoms with Crippen molar-refractivity contribution in [3.8, 4) is 0 Å². The Morgan fingerprint density at radius 1 is 1.04 bits per heavy atom. The van der Waals surface area contributed by atoms with E-state index in [-0.39, 0.29) is 28.7 Å². The van der Waals surface area contributed by atoms with Crippen molar-refractivity contribution >= 4 is 46.4 Å². The molecule has 0 radical (unpaired) electrons. The van der Waals surface area contributed by atoms with Crippen LogP contribution in [-0.4, -0.2) is 27.2 Å². The minimum atomic E-state index is -0.888. The maximum Gasteiger partial charge on any atom is 0.196 e. The molecule has 2 rings (SSSR count). The van der Waals surface area contributed by atoms with Crippen LogP contribution in [0.2, 0.25) is 0 Å². The first-order chi connectivity index (χ1) is 12.3. The highest BCUT2D eigenvalue weighted by molar-refractivity contribution is 14.0. The summed E-state index contributed by atoms with van der Waals surface area (Å²) in [6.07, 6.45) is 0. The van der Waals surface area contributed by atoms with Gasteiger partial charge in [-0.05, 0) is 45.4 Å². The zero-order chi connectivity index (χ0) is 19.0. The van der Waals surface area contributed by atoms with Crippen LogP contribution in [0.3, 0.4) is 0 Å². The van der Waals surface area contributed by atoms with Crippen LogP contribution in [0, 0.1) is 6.92 Å². The minimum Gasteiger partial charge on any atom is -0.355 e. The summed E-state index contributed by atoms with van der Waals surface area (Å²) >= 11 is 0. The minimum absolute atomic E-state index is 0. The van der Waals surface area contributed by atoms with Gasteiger partial charge < -0.3 is 10.6 Å². The average molecular weight is 499 g/mol. The van der Waals surface area contributed by atoms with E-state index < -0.39 is 10.8 Å². The van der Waals surface area contributed by atoms with Gasteiger partial charge in [-0.3, -0.25) is 4.21 Å². The molecule has 4 nitrogen and oxygen atoms in total. The van der Waals surface area contributed by atoms with Gasteiger partial charge in [0.2, 0.25) is 0 Å². The van der Waals surface area contributed by atoms with Crippen LogP contribution in [-0.2, 0) is 17.3 Å². The molecule has 0 amide bonds. The molecule has 0 aromatic heterocycles. The highest BCUT2D eigenvalue weighted by atomic mass is 127. The number of nitrogens with one attached hydrogen (secondary N) is 2. The van der Waals surface area contributed by atoms with Crippen LogP contribution in [0.15, 0.2) is 59.6 Å². The van der Waals surface area contributed by atoms with Crippen LogP contribution in [0.25, 0.3) is 0 Å². The van der Waals surface area contributed by atoms with Crippen molar-refractivity contribution in [2.24, 2.45) is 4.99 Å². The number of hydrogen-bond acceptors (Lipinski definition) is 2. The molecule has 1 unspecified atom stereocenters. The summed E-state index contributed by atoms with van der Waals surface area (Å²) in [6.45, 7) is 9.26. The molecular formula is C21H30IN3OS. The summed E-state index contributed by atoms with van der Waals surface area (Å²) in [5.41, 5.74) is 3.37. The number of nitrogens with zero attached hydrogens (tertiary/aromatic N) is 1. The Balaban J connectivity index is 0.00000364. The third-order valence-corrected chi connectivity index (χ3v) is 5.78. The fourth-order valence-corrected chi connectivity index (χ4v) is 3.13. The van der Waals surface area contributed by atoms with E-state index in [0.29, 0.717) is 24.8 Å². The number of rotatable bonds is 6. The number of halogens is 1. The lowest BCUT2D eigenvalue weighted by Crippen LogP contribution is -2.36. The second kappa shape index (κ2) is 11.4. The van der Waals surface area contributed by atoms with Crippen LogP contribution in [0.4, 0.5) is 5.69 Å². The smallest absolute Gasteiger partial charge is 0.196 e. The third-order valence-electron chi connectivity index (χ3n) is 3.84. The van der Waals surface area contributed by atoms with Gasteiger partial charge >= 0.3 is 0 Å². The molecule has 0 saturated carbocycles. The molecule has 6 heteroatoms. The fraction of sp³-hybridized carbons (Fsp3) is 0.381. The van der Waals surface area contributed by atoms with Gasteiger partial charge in [0.1, 0.15) is 0 Å². The molecule has 0 aliphatic heterocycles. The molecule has 2 aromatic rings. The number of guanidine groups is 1. The van der Waals surface area contributed by atoms with Crippen LogP contribution in [0.5, 0.6) is 0 Å². The Labute approximate surface area is 182 Å². The lowest BCUT2D eigenvalue weighted by Gasteiger charge is -2.18. The molecule has 0 aliphatic carbocycles. The molecule has 0 heterocycles. The lowest BCUT2D eigenvalue weighted by molar-refractivity contribution is 0.647. The molecule has 0 bridgehead atoms. The van der Waals surface area contributed by atoms with Crippen LogP contribution < -0.4 is 10.6 Å². The predicted octanol–water partition coefficient (Wildman–Crippen LogP) is 4.72. The zero-order valence-electron chi connectivity index (χ0n) is 16.5. The molecule has 2 aromatic carbocycles. The second-order valence-electron chi connectivity index (χ2n) is 7.23. The van der Waals surface area contributed by atoms with Gasteiger partial charge in [-0.15, -0.1) is 24.0 Å². The van der Waals surface area contributed by atoms with Crippen molar-refractivity contribution in [3.63, 3.8) is 0 Å². The molecule has 0 spiro atoms. The van der Waals surface area contributed by atoms with E-state index in [2.05, 4.69) is 46.8 Å². The Hall–Kier alpha value is -1.41. The summed E-state index contributed by atoms with van der Waals surface area (Å²) in [5.74, 6) is 1.28. The number of aliphatic imine (C=N–C) groups is 1. The first-order valence-electron chi connectivity index (χ1n) is 8.89. The van der Waals surface area contributed by atoms with Crippen LogP contribution in [0.1, 0.15) is 31.9 Å². The van der Waals surface area contributed by atoms with Gasteiger partial charge in [-0.25, -0.2) is 4.99 Å². The van der Waals surface area contributed by atoms with E-state index in [4.69, 9.17) is 0 Å². The molecule has 0 aliphatic rings. The second-order valence-corrected chi connectivity index (χ2v) is 9.55. The quantitative estimate of drug-likeness (QED) is 0.344. The van der Waals surface area contributed by atoms with Crippen molar-refractivity contribution in [2.45, 2.75) is 39.0 Å². The average Bonchev–Trinajstić information content (AvgIpc) is 2.61. The fourth-order valence-electron chi connectivity index (χ4n) is 2.23. The predicted molar refractivity (Wildman–Crippen MR) is 129 cm³/mol. The summed E-state index contributed by atoms with van der Waals surface area (Å²) in [7, 11) is -0.888. The maximum absolute atomic E-state index is 12.2. The largest absolute Gasteiger partial charge is 0.355 e. The third kappa shape index (κ3) is 8.88. The molecular weight excluding hydrogens is 469 g/mol. The van der Waals surface area contributed by atoms with Crippen molar-refractivity contribution in [1.29, 1.82) is 0 Å². The number of aryl methyl sites for hydroxylation is 1. The Bertz CT molecular complexity index is 740. The van der Waals surface area contributed by atoms with E-state index in [1.165, 1.54) is 5.56 Å². The van der Waals surface area contributed by atoms with E-state index >= 15 is 0 Å². The molecule has 2 N–H and O–H groups in total. The number of benzene rings is 2. The standard InChI is InChI=1S/C21H29N3OS.HI/c1-17-10-12-18(13-11-17)16-23-20(24-19-8-6-5-7-9-19)22-14-15-26(25)21(2,3)4;/h5-13H,14-16H2,1-4H3,(H2,22,23,24);1H. The summed E-state index contributed by atoms with van der Waals surface area (Å²) < 4.78 is 12.0. The van der Waals surface area contributed by atoms with Gasteiger partial charge in [0.25, 0.3) is 0 Å². The zero-order valence-corrected chi connectivity index (χ0v) is 19.6. The number of anilines is 1. The number of para-hydroxylation sites is 1. The SMILES string of the molecule is Cc1ccc(CN=C(NCCS(=O)C(C)(C)C)Nc2ccccc2)cc1.I. The van der Waals surface area contributed by atoms with E-state index in [0.717, 1.165) is 11.3 Å². The van der Waals surface area contributed by atoms with Gasteiger partial charge in [-0.2, -0.15) is 0 Å². The first kappa shape index (κ1) is 23.6. The van der Waals surface area contributed by atoms with Gasteiger partial charge in [0.15, 0.2) is 5.96 Å². The van der Waals surface area contributed by atoms with Gasteiger partial charge in [-0.1, -0.05) is 48.0 Å². The molecule has 148 valence electrons. The summed E-state index contributed by atoms with van der Waals surface area (Å²) in [5, 5.41) is 6.61. The Morgan fingerprint density at radius 2 is 1.67 bits per heavy atom. The topological polar surface area (TPSA) is 53.5 Å². The molecule has 27 heavy (non-hydrogen) atoms. The van der Waals surface area contributed by atoms with Crippen LogP contribution >= 0.6 is 24.0 Å². The monoisotopic (exact) mass is 499 g/mol. The van der Waals surface area contributed by atoms with E-state index in [1.54, 1.807) is 0 Å². The molecule has 1 atom stereocenters. The van der Waals surface area contributed by atoms with Gasteiger partial charge in [0.05, 0.1) is 6.54 Å². The van der Waals surface area contributed by atoms with Crippen molar-refractivity contribution in [1.82, 2.24) is 5.32 Å². The molecule has 0 saturated heterocycles. The normalized spacial score (nSPS) is 12.8. The summed E-state index contributed by atoms with van der Waals surface area (Å²) in [6, 6.07) is 18.3.